The number of aromatic carboxylic acids is 1. The van der Waals surface area contributed by atoms with Gasteiger partial charge in [0.1, 0.15) is 11.3 Å². The van der Waals surface area contributed by atoms with Gasteiger partial charge in [0.25, 0.3) is 0 Å². The van der Waals surface area contributed by atoms with E-state index in [2.05, 4.69) is 0 Å². The van der Waals surface area contributed by atoms with Gasteiger partial charge in [0.2, 0.25) is 0 Å². The second-order valence-corrected chi connectivity index (χ2v) is 3.58. The van der Waals surface area contributed by atoms with Crippen molar-refractivity contribution >= 4 is 27.4 Å². The lowest BCUT2D eigenvalue weighted by Gasteiger charge is -1.98. The SMILES string of the molecule is O=C(O)c1cc2ccsc2cc1O. The van der Waals surface area contributed by atoms with E-state index >= 15 is 0 Å². The third-order valence-electron chi connectivity index (χ3n) is 1.80. The molecule has 0 spiro atoms. The smallest absolute Gasteiger partial charge is 0.339 e. The van der Waals surface area contributed by atoms with Gasteiger partial charge < -0.3 is 10.2 Å². The van der Waals surface area contributed by atoms with Gasteiger partial charge in [-0.3, -0.25) is 0 Å². The number of carbonyl (C=O) groups is 1. The zero-order chi connectivity index (χ0) is 9.42. The molecule has 0 saturated carbocycles. The van der Waals surface area contributed by atoms with E-state index in [9.17, 15) is 9.90 Å². The first-order valence-electron chi connectivity index (χ1n) is 3.62. The van der Waals surface area contributed by atoms with Crippen molar-refractivity contribution < 1.29 is 15.0 Å². The fraction of sp³-hybridized carbons (Fsp3) is 0. The van der Waals surface area contributed by atoms with Gasteiger partial charge in [-0.1, -0.05) is 0 Å². The summed E-state index contributed by atoms with van der Waals surface area (Å²) in [6, 6.07) is 4.78. The van der Waals surface area contributed by atoms with Crippen LogP contribution >= 0.6 is 11.3 Å². The van der Waals surface area contributed by atoms with Gasteiger partial charge >= 0.3 is 5.97 Å². The summed E-state index contributed by atoms with van der Waals surface area (Å²) in [5, 5.41) is 20.7. The van der Waals surface area contributed by atoms with Crippen LogP contribution in [0.4, 0.5) is 0 Å². The van der Waals surface area contributed by atoms with Crippen LogP contribution in [0.15, 0.2) is 23.6 Å². The van der Waals surface area contributed by atoms with Gasteiger partial charge in [-0.2, -0.15) is 0 Å². The molecule has 2 aromatic rings. The molecule has 13 heavy (non-hydrogen) atoms. The number of hydrogen-bond acceptors (Lipinski definition) is 3. The van der Waals surface area contributed by atoms with E-state index < -0.39 is 5.97 Å². The molecule has 1 aromatic carbocycles. The van der Waals surface area contributed by atoms with Crippen LogP contribution in [-0.4, -0.2) is 16.2 Å². The molecule has 0 radical (unpaired) electrons. The molecule has 0 fully saturated rings. The highest BCUT2D eigenvalue weighted by Crippen LogP contribution is 2.28. The third-order valence-corrected chi connectivity index (χ3v) is 2.68. The number of rotatable bonds is 1. The maximum atomic E-state index is 10.6. The largest absolute Gasteiger partial charge is 0.507 e. The van der Waals surface area contributed by atoms with E-state index in [0.29, 0.717) is 0 Å². The predicted octanol–water partition coefficient (Wildman–Crippen LogP) is 2.31. The standard InChI is InChI=1S/C9H6O3S/c10-7-4-8-5(1-2-13-8)3-6(7)9(11)12/h1-4,10H,(H,11,12). The minimum absolute atomic E-state index is 0.0501. The monoisotopic (exact) mass is 194 g/mol. The van der Waals surface area contributed by atoms with Crippen LogP contribution in [0.1, 0.15) is 10.4 Å². The molecular formula is C9H6O3S. The molecule has 2 rings (SSSR count). The van der Waals surface area contributed by atoms with Crippen molar-refractivity contribution in [3.05, 3.63) is 29.1 Å². The van der Waals surface area contributed by atoms with Crippen molar-refractivity contribution in [3.63, 3.8) is 0 Å². The fourth-order valence-corrected chi connectivity index (χ4v) is 1.97. The van der Waals surface area contributed by atoms with Crippen LogP contribution in [0.5, 0.6) is 5.75 Å². The lowest BCUT2D eigenvalue weighted by atomic mass is 10.1. The number of aromatic hydroxyl groups is 1. The zero-order valence-corrected chi connectivity index (χ0v) is 7.34. The van der Waals surface area contributed by atoms with Gasteiger partial charge in [-0.05, 0) is 29.0 Å². The molecular weight excluding hydrogens is 188 g/mol. The fourth-order valence-electron chi connectivity index (χ4n) is 1.17. The summed E-state index contributed by atoms with van der Waals surface area (Å²) in [7, 11) is 0. The van der Waals surface area contributed by atoms with Crippen LogP contribution in [0.25, 0.3) is 10.1 Å². The normalized spacial score (nSPS) is 10.5. The Morgan fingerprint density at radius 3 is 2.85 bits per heavy atom. The number of phenols is 1. The highest BCUT2D eigenvalue weighted by molar-refractivity contribution is 7.17. The van der Waals surface area contributed by atoms with Gasteiger partial charge in [0.05, 0.1) is 0 Å². The van der Waals surface area contributed by atoms with Crippen molar-refractivity contribution in [3.8, 4) is 5.75 Å². The Hall–Kier alpha value is -1.55. The Balaban J connectivity index is 2.76. The van der Waals surface area contributed by atoms with E-state index in [4.69, 9.17) is 5.11 Å². The molecule has 0 bridgehead atoms. The molecule has 0 saturated heterocycles. The molecule has 0 unspecified atom stereocenters. The summed E-state index contributed by atoms with van der Waals surface area (Å²) < 4.78 is 0.891. The number of thiophene rings is 1. The minimum Gasteiger partial charge on any atom is -0.507 e. The van der Waals surface area contributed by atoms with Crippen molar-refractivity contribution in [1.29, 1.82) is 0 Å². The summed E-state index contributed by atoms with van der Waals surface area (Å²) >= 11 is 1.47. The first-order chi connectivity index (χ1) is 6.18. The maximum absolute atomic E-state index is 10.6. The van der Waals surface area contributed by atoms with E-state index in [1.54, 1.807) is 0 Å². The molecule has 2 N–H and O–H groups in total. The topological polar surface area (TPSA) is 57.5 Å². The van der Waals surface area contributed by atoms with Crippen molar-refractivity contribution in [2.75, 3.05) is 0 Å². The molecule has 0 amide bonds. The van der Waals surface area contributed by atoms with Gasteiger partial charge in [-0.15, -0.1) is 11.3 Å². The number of carboxylic acid groups (broad SMARTS) is 1. The summed E-state index contributed by atoms with van der Waals surface area (Å²) in [6.07, 6.45) is 0. The predicted molar refractivity (Wildman–Crippen MR) is 50.4 cm³/mol. The Labute approximate surface area is 77.9 Å². The Bertz CT molecular complexity index is 473. The maximum Gasteiger partial charge on any atom is 0.339 e. The average molecular weight is 194 g/mol. The van der Waals surface area contributed by atoms with Crippen LogP contribution in [0, 0.1) is 0 Å². The van der Waals surface area contributed by atoms with E-state index in [-0.39, 0.29) is 11.3 Å². The molecule has 66 valence electrons. The summed E-state index contributed by atoms with van der Waals surface area (Å²) in [4.78, 5) is 10.6. The molecule has 0 aliphatic heterocycles. The second kappa shape index (κ2) is 2.74. The van der Waals surface area contributed by atoms with Crippen molar-refractivity contribution in [2.24, 2.45) is 0 Å². The van der Waals surface area contributed by atoms with Gasteiger partial charge in [0, 0.05) is 4.70 Å². The Kier molecular flexibility index (Phi) is 1.70. The van der Waals surface area contributed by atoms with Crippen LogP contribution in [-0.2, 0) is 0 Å². The van der Waals surface area contributed by atoms with E-state index in [0.717, 1.165) is 10.1 Å². The second-order valence-electron chi connectivity index (χ2n) is 2.63. The zero-order valence-electron chi connectivity index (χ0n) is 6.52. The first kappa shape index (κ1) is 8.07. The van der Waals surface area contributed by atoms with Crippen molar-refractivity contribution in [1.82, 2.24) is 0 Å². The lowest BCUT2D eigenvalue weighted by Crippen LogP contribution is -1.95. The number of fused-ring (bicyclic) bond motifs is 1. The van der Waals surface area contributed by atoms with E-state index in [1.807, 2.05) is 11.4 Å². The van der Waals surface area contributed by atoms with Crippen molar-refractivity contribution in [2.45, 2.75) is 0 Å². The Morgan fingerprint density at radius 2 is 2.15 bits per heavy atom. The number of carboxylic acids is 1. The van der Waals surface area contributed by atoms with E-state index in [1.165, 1.54) is 23.5 Å². The highest BCUT2D eigenvalue weighted by atomic mass is 32.1. The van der Waals surface area contributed by atoms with Crippen LogP contribution in [0.2, 0.25) is 0 Å². The van der Waals surface area contributed by atoms with Crippen LogP contribution in [0.3, 0.4) is 0 Å². The summed E-state index contributed by atoms with van der Waals surface area (Å²) in [5.41, 5.74) is -0.0501. The molecule has 0 atom stereocenters. The first-order valence-corrected chi connectivity index (χ1v) is 4.50. The average Bonchev–Trinajstić information content (AvgIpc) is 2.48. The number of hydrogen-bond donors (Lipinski definition) is 2. The molecule has 0 aliphatic carbocycles. The molecule has 1 aromatic heterocycles. The highest BCUT2D eigenvalue weighted by Gasteiger charge is 2.10. The lowest BCUT2D eigenvalue weighted by molar-refractivity contribution is 0.0694. The Morgan fingerprint density at radius 1 is 1.38 bits per heavy atom. The number of benzene rings is 1. The van der Waals surface area contributed by atoms with Gasteiger partial charge in [0.15, 0.2) is 0 Å². The third kappa shape index (κ3) is 1.25. The molecule has 0 aliphatic rings. The van der Waals surface area contributed by atoms with Gasteiger partial charge in [-0.25, -0.2) is 4.79 Å². The molecule has 4 heteroatoms. The summed E-state index contributed by atoms with van der Waals surface area (Å²) in [6.45, 7) is 0. The van der Waals surface area contributed by atoms with Crippen LogP contribution < -0.4 is 0 Å². The quantitative estimate of drug-likeness (QED) is 0.732. The summed E-state index contributed by atoms with van der Waals surface area (Å²) in [5.74, 6) is -1.28. The minimum atomic E-state index is -1.11. The molecule has 3 nitrogen and oxygen atoms in total. The molecule has 1 heterocycles.